The molecule has 0 fully saturated rings. The Morgan fingerprint density at radius 2 is 2.16 bits per heavy atom. The smallest absolute Gasteiger partial charge is 0.239 e. The number of hydrogen-bond donors (Lipinski definition) is 2. The number of anilines is 1. The van der Waals surface area contributed by atoms with E-state index < -0.39 is 21.5 Å². The molecule has 0 atom stereocenters. The Morgan fingerprint density at radius 3 is 2.74 bits per heavy atom. The van der Waals surface area contributed by atoms with Crippen molar-refractivity contribution in [3.63, 3.8) is 0 Å². The summed E-state index contributed by atoms with van der Waals surface area (Å²) in [6, 6.07) is 4.75. The van der Waals surface area contributed by atoms with Gasteiger partial charge in [-0.05, 0) is 18.2 Å². The number of hydrogen-bond acceptors (Lipinski definition) is 4. The standard InChI is InChI=1S/C12H13ClN2O3S/c1-19(17,18)8-12(16)15-11-7-10(13)5-4-9(11)3-2-6-14/h4-5,7H,6,8,14H2,1H3,(H,15,16). The Hall–Kier alpha value is -1.55. The molecule has 0 bridgehead atoms. The highest BCUT2D eigenvalue weighted by molar-refractivity contribution is 7.91. The van der Waals surface area contributed by atoms with Crippen LogP contribution >= 0.6 is 11.6 Å². The topological polar surface area (TPSA) is 89.3 Å². The van der Waals surface area contributed by atoms with E-state index in [0.29, 0.717) is 16.3 Å². The fourth-order valence-corrected chi connectivity index (χ4v) is 2.02. The summed E-state index contributed by atoms with van der Waals surface area (Å²) in [6.45, 7) is 0.180. The second kappa shape index (κ2) is 6.57. The van der Waals surface area contributed by atoms with Crippen molar-refractivity contribution < 1.29 is 13.2 Å². The first kappa shape index (κ1) is 15.5. The van der Waals surface area contributed by atoms with Gasteiger partial charge in [0.25, 0.3) is 0 Å². The molecule has 0 unspecified atom stereocenters. The second-order valence-electron chi connectivity index (χ2n) is 3.81. The fraction of sp³-hybridized carbons (Fsp3) is 0.250. The summed E-state index contributed by atoms with van der Waals surface area (Å²) in [5.74, 6) is 4.19. The first-order chi connectivity index (χ1) is 8.81. The lowest BCUT2D eigenvalue weighted by molar-refractivity contribution is -0.113. The molecule has 0 aliphatic carbocycles. The number of benzene rings is 1. The lowest BCUT2D eigenvalue weighted by Gasteiger charge is -2.07. The number of rotatable bonds is 3. The molecule has 1 rings (SSSR count). The van der Waals surface area contributed by atoms with E-state index in [2.05, 4.69) is 17.2 Å². The van der Waals surface area contributed by atoms with E-state index in [4.69, 9.17) is 17.3 Å². The van der Waals surface area contributed by atoms with E-state index in [1.165, 1.54) is 6.07 Å². The molecule has 19 heavy (non-hydrogen) atoms. The Bertz CT molecular complexity index is 645. The van der Waals surface area contributed by atoms with Crippen LogP contribution in [-0.4, -0.2) is 32.9 Å². The van der Waals surface area contributed by atoms with Crippen LogP contribution in [0.25, 0.3) is 0 Å². The third kappa shape index (κ3) is 5.75. The lowest BCUT2D eigenvalue weighted by atomic mass is 10.2. The van der Waals surface area contributed by atoms with Crippen molar-refractivity contribution in [1.82, 2.24) is 0 Å². The molecule has 1 amide bonds. The third-order valence-corrected chi connectivity index (χ3v) is 3.00. The van der Waals surface area contributed by atoms with Gasteiger partial charge in [0.1, 0.15) is 5.75 Å². The zero-order valence-corrected chi connectivity index (χ0v) is 11.8. The van der Waals surface area contributed by atoms with Gasteiger partial charge < -0.3 is 11.1 Å². The maximum atomic E-state index is 11.6. The SMILES string of the molecule is CS(=O)(=O)CC(=O)Nc1cc(Cl)ccc1C#CCN. The molecule has 0 saturated heterocycles. The highest BCUT2D eigenvalue weighted by Crippen LogP contribution is 2.20. The van der Waals surface area contributed by atoms with Crippen molar-refractivity contribution in [3.8, 4) is 11.8 Å². The van der Waals surface area contributed by atoms with Crippen LogP contribution in [0.2, 0.25) is 5.02 Å². The van der Waals surface area contributed by atoms with Crippen molar-refractivity contribution in [2.24, 2.45) is 5.73 Å². The summed E-state index contributed by atoms with van der Waals surface area (Å²) in [5.41, 5.74) is 6.16. The van der Waals surface area contributed by atoms with Gasteiger partial charge in [-0.2, -0.15) is 0 Å². The molecule has 0 radical (unpaired) electrons. The number of carbonyl (C=O) groups excluding carboxylic acids is 1. The minimum absolute atomic E-state index is 0.180. The monoisotopic (exact) mass is 300 g/mol. The summed E-state index contributed by atoms with van der Waals surface area (Å²) < 4.78 is 22.0. The summed E-state index contributed by atoms with van der Waals surface area (Å²) in [7, 11) is -3.38. The molecular weight excluding hydrogens is 288 g/mol. The number of carbonyl (C=O) groups is 1. The Labute approximate surface area is 117 Å². The number of amides is 1. The van der Waals surface area contributed by atoms with Gasteiger partial charge in [-0.3, -0.25) is 4.79 Å². The first-order valence-corrected chi connectivity index (χ1v) is 7.72. The quantitative estimate of drug-likeness (QED) is 0.801. The summed E-state index contributed by atoms with van der Waals surface area (Å²) in [6.07, 6.45) is 0.986. The van der Waals surface area contributed by atoms with Gasteiger partial charge in [0.2, 0.25) is 5.91 Å². The van der Waals surface area contributed by atoms with Crippen LogP contribution in [0.1, 0.15) is 5.56 Å². The van der Waals surface area contributed by atoms with Gasteiger partial charge in [0, 0.05) is 16.8 Å². The van der Waals surface area contributed by atoms with Crippen molar-refractivity contribution in [2.75, 3.05) is 23.9 Å². The molecule has 1 aromatic rings. The maximum absolute atomic E-state index is 11.6. The Balaban J connectivity index is 2.99. The number of nitrogens with two attached hydrogens (primary N) is 1. The zero-order valence-electron chi connectivity index (χ0n) is 10.2. The Morgan fingerprint density at radius 1 is 1.47 bits per heavy atom. The van der Waals surface area contributed by atoms with E-state index in [1.54, 1.807) is 12.1 Å². The molecule has 3 N–H and O–H groups in total. The highest BCUT2D eigenvalue weighted by atomic mass is 35.5. The fourth-order valence-electron chi connectivity index (χ4n) is 1.30. The molecule has 7 heteroatoms. The minimum atomic E-state index is -3.38. The zero-order chi connectivity index (χ0) is 14.5. The van der Waals surface area contributed by atoms with Gasteiger partial charge in [0.15, 0.2) is 9.84 Å². The molecule has 0 aliphatic rings. The largest absolute Gasteiger partial charge is 0.324 e. The van der Waals surface area contributed by atoms with Crippen LogP contribution in [0, 0.1) is 11.8 Å². The molecule has 1 aromatic carbocycles. The average molecular weight is 301 g/mol. The molecule has 0 aromatic heterocycles. The molecule has 0 saturated carbocycles. The van der Waals surface area contributed by atoms with E-state index in [1.807, 2.05) is 0 Å². The van der Waals surface area contributed by atoms with Crippen LogP contribution in [0.4, 0.5) is 5.69 Å². The summed E-state index contributed by atoms with van der Waals surface area (Å²) in [4.78, 5) is 11.6. The Kier molecular flexibility index (Phi) is 5.36. The molecule has 0 spiro atoms. The molecular formula is C12H13ClN2O3S. The van der Waals surface area contributed by atoms with Gasteiger partial charge in [-0.15, -0.1) is 0 Å². The van der Waals surface area contributed by atoms with E-state index in [-0.39, 0.29) is 6.54 Å². The van der Waals surface area contributed by atoms with Crippen LogP contribution < -0.4 is 11.1 Å². The normalized spacial score (nSPS) is 10.5. The second-order valence-corrected chi connectivity index (χ2v) is 6.39. The first-order valence-electron chi connectivity index (χ1n) is 5.28. The number of halogens is 1. The van der Waals surface area contributed by atoms with E-state index in [9.17, 15) is 13.2 Å². The lowest BCUT2D eigenvalue weighted by Crippen LogP contribution is -2.22. The van der Waals surface area contributed by atoms with Crippen molar-refractivity contribution in [1.29, 1.82) is 0 Å². The molecule has 0 aliphatic heterocycles. The van der Waals surface area contributed by atoms with Crippen molar-refractivity contribution >= 4 is 33.0 Å². The highest BCUT2D eigenvalue weighted by Gasteiger charge is 2.12. The predicted molar refractivity (Wildman–Crippen MR) is 75.7 cm³/mol. The van der Waals surface area contributed by atoms with Crippen LogP contribution in [0.3, 0.4) is 0 Å². The maximum Gasteiger partial charge on any atom is 0.239 e. The number of nitrogens with one attached hydrogen (secondary N) is 1. The van der Waals surface area contributed by atoms with Gasteiger partial charge in [-0.1, -0.05) is 23.4 Å². The van der Waals surface area contributed by atoms with Crippen LogP contribution in [0.15, 0.2) is 18.2 Å². The van der Waals surface area contributed by atoms with Crippen LogP contribution in [0.5, 0.6) is 0 Å². The third-order valence-electron chi connectivity index (χ3n) is 1.97. The summed E-state index contributed by atoms with van der Waals surface area (Å²) in [5, 5.41) is 2.88. The van der Waals surface area contributed by atoms with E-state index in [0.717, 1.165) is 6.26 Å². The van der Waals surface area contributed by atoms with E-state index >= 15 is 0 Å². The van der Waals surface area contributed by atoms with Crippen molar-refractivity contribution in [3.05, 3.63) is 28.8 Å². The van der Waals surface area contributed by atoms with Crippen molar-refractivity contribution in [2.45, 2.75) is 0 Å². The number of sulfone groups is 1. The van der Waals surface area contributed by atoms with Gasteiger partial charge >= 0.3 is 0 Å². The predicted octanol–water partition coefficient (Wildman–Crippen LogP) is 0.633. The minimum Gasteiger partial charge on any atom is -0.324 e. The molecule has 0 heterocycles. The average Bonchev–Trinajstić information content (AvgIpc) is 2.25. The summed E-state index contributed by atoms with van der Waals surface area (Å²) >= 11 is 5.82. The molecule has 102 valence electrons. The van der Waals surface area contributed by atoms with Gasteiger partial charge in [0.05, 0.1) is 12.2 Å². The van der Waals surface area contributed by atoms with Gasteiger partial charge in [-0.25, -0.2) is 8.42 Å². The molecule has 5 nitrogen and oxygen atoms in total. The van der Waals surface area contributed by atoms with Crippen LogP contribution in [-0.2, 0) is 14.6 Å².